The van der Waals surface area contributed by atoms with E-state index in [-0.39, 0.29) is 11.6 Å². The van der Waals surface area contributed by atoms with Crippen molar-refractivity contribution >= 4 is 33.8 Å². The number of hydrogen-bond acceptors (Lipinski definition) is 2. The number of halogens is 3. The predicted octanol–water partition coefficient (Wildman–Crippen LogP) is 4.94. The highest BCUT2D eigenvalue weighted by molar-refractivity contribution is 9.10. The molecule has 2 rings (SSSR count). The second kappa shape index (κ2) is 6.37. The van der Waals surface area contributed by atoms with Gasteiger partial charge in [-0.2, -0.15) is 0 Å². The monoisotopic (exact) mass is 356 g/mol. The van der Waals surface area contributed by atoms with E-state index in [1.165, 1.54) is 12.1 Å². The molecule has 2 aromatic rings. The van der Waals surface area contributed by atoms with Gasteiger partial charge in [0.05, 0.1) is 10.6 Å². The van der Waals surface area contributed by atoms with E-state index in [9.17, 15) is 9.18 Å². The maximum Gasteiger partial charge on any atom is 0.153 e. The van der Waals surface area contributed by atoms with Crippen molar-refractivity contribution in [2.75, 3.05) is 0 Å². The van der Waals surface area contributed by atoms with Gasteiger partial charge in [0, 0.05) is 4.47 Å². The molecule has 0 heterocycles. The van der Waals surface area contributed by atoms with Crippen molar-refractivity contribution in [1.29, 1.82) is 0 Å². The molecule has 20 heavy (non-hydrogen) atoms. The molecule has 0 saturated carbocycles. The van der Waals surface area contributed by atoms with Crippen LogP contribution < -0.4 is 4.74 Å². The van der Waals surface area contributed by atoms with Crippen LogP contribution in [-0.2, 0) is 6.61 Å². The van der Waals surface area contributed by atoms with E-state index in [1.807, 2.05) is 13.0 Å². The highest BCUT2D eigenvalue weighted by Crippen LogP contribution is 2.28. The van der Waals surface area contributed by atoms with Crippen molar-refractivity contribution in [2.45, 2.75) is 13.5 Å². The Bertz CT molecular complexity index is 659. The molecule has 0 unspecified atom stereocenters. The van der Waals surface area contributed by atoms with Crippen LogP contribution in [0.3, 0.4) is 0 Å². The SMILES string of the molecule is Cc1cc(Br)cc(C=O)c1OCc1ccc(F)c(Cl)c1. The van der Waals surface area contributed by atoms with E-state index in [0.717, 1.165) is 21.9 Å². The Balaban J connectivity index is 2.22. The van der Waals surface area contributed by atoms with Gasteiger partial charge in [-0.1, -0.05) is 33.6 Å². The number of rotatable bonds is 4. The maximum absolute atomic E-state index is 13.1. The molecule has 2 aromatic carbocycles. The van der Waals surface area contributed by atoms with E-state index >= 15 is 0 Å². The highest BCUT2D eigenvalue weighted by Gasteiger charge is 2.09. The quantitative estimate of drug-likeness (QED) is 0.724. The van der Waals surface area contributed by atoms with Crippen molar-refractivity contribution in [2.24, 2.45) is 0 Å². The summed E-state index contributed by atoms with van der Waals surface area (Å²) < 4.78 is 19.5. The first-order chi connectivity index (χ1) is 9.51. The second-order valence-electron chi connectivity index (χ2n) is 4.30. The lowest BCUT2D eigenvalue weighted by Gasteiger charge is -2.12. The third kappa shape index (κ3) is 3.38. The smallest absolute Gasteiger partial charge is 0.153 e. The molecule has 0 aromatic heterocycles. The van der Waals surface area contributed by atoms with Crippen LogP contribution >= 0.6 is 27.5 Å². The lowest BCUT2D eigenvalue weighted by Crippen LogP contribution is -2.01. The third-order valence-electron chi connectivity index (χ3n) is 2.76. The molecule has 0 aliphatic rings. The molecule has 0 aliphatic carbocycles. The number of benzene rings is 2. The van der Waals surface area contributed by atoms with Crippen LogP contribution in [0.4, 0.5) is 4.39 Å². The fourth-order valence-electron chi connectivity index (χ4n) is 1.83. The highest BCUT2D eigenvalue weighted by atomic mass is 79.9. The summed E-state index contributed by atoms with van der Waals surface area (Å²) in [5, 5.41) is 0.0502. The average molecular weight is 358 g/mol. The normalized spacial score (nSPS) is 10.4. The minimum absolute atomic E-state index is 0.0502. The molecule has 0 amide bonds. The fraction of sp³-hybridized carbons (Fsp3) is 0.133. The lowest BCUT2D eigenvalue weighted by molar-refractivity contribution is 0.111. The number of carbonyl (C=O) groups is 1. The molecular weight excluding hydrogens is 347 g/mol. The van der Waals surface area contributed by atoms with Gasteiger partial charge in [-0.3, -0.25) is 4.79 Å². The van der Waals surface area contributed by atoms with E-state index in [1.54, 1.807) is 12.1 Å². The summed E-state index contributed by atoms with van der Waals surface area (Å²) in [7, 11) is 0. The van der Waals surface area contributed by atoms with Crippen molar-refractivity contribution < 1.29 is 13.9 Å². The predicted molar refractivity (Wildman–Crippen MR) is 80.0 cm³/mol. The Labute approximate surface area is 129 Å². The number of aldehydes is 1. The van der Waals surface area contributed by atoms with Gasteiger partial charge in [-0.05, 0) is 42.3 Å². The van der Waals surface area contributed by atoms with Gasteiger partial charge in [0.1, 0.15) is 18.2 Å². The van der Waals surface area contributed by atoms with Crippen molar-refractivity contribution in [1.82, 2.24) is 0 Å². The van der Waals surface area contributed by atoms with Crippen LogP contribution in [0.25, 0.3) is 0 Å². The molecule has 2 nitrogen and oxygen atoms in total. The van der Waals surface area contributed by atoms with Crippen LogP contribution in [0.15, 0.2) is 34.8 Å². The zero-order valence-corrected chi connectivity index (χ0v) is 13.0. The molecule has 0 spiro atoms. The topological polar surface area (TPSA) is 26.3 Å². The zero-order valence-electron chi connectivity index (χ0n) is 10.6. The van der Waals surface area contributed by atoms with Crippen molar-refractivity contribution in [3.05, 3.63) is 62.3 Å². The second-order valence-corrected chi connectivity index (χ2v) is 5.62. The molecule has 0 N–H and O–H groups in total. The van der Waals surface area contributed by atoms with E-state index in [2.05, 4.69) is 15.9 Å². The molecule has 0 radical (unpaired) electrons. The Morgan fingerprint density at radius 1 is 1.35 bits per heavy atom. The molecule has 5 heteroatoms. The molecule has 0 aliphatic heterocycles. The minimum atomic E-state index is -0.469. The van der Waals surface area contributed by atoms with Gasteiger partial charge in [0.15, 0.2) is 6.29 Å². The Kier molecular flexibility index (Phi) is 4.78. The van der Waals surface area contributed by atoms with E-state index in [0.29, 0.717) is 11.3 Å². The standard InChI is InChI=1S/C15H11BrClFO2/c1-9-4-12(16)6-11(7-19)15(9)20-8-10-2-3-14(18)13(17)5-10/h2-7H,8H2,1H3. The van der Waals surface area contributed by atoms with Gasteiger partial charge >= 0.3 is 0 Å². The summed E-state index contributed by atoms with van der Waals surface area (Å²) >= 11 is 9.04. The molecule has 0 fully saturated rings. The number of aryl methyl sites for hydroxylation is 1. The maximum atomic E-state index is 13.1. The molecule has 0 saturated heterocycles. The van der Waals surface area contributed by atoms with Gasteiger partial charge in [-0.25, -0.2) is 4.39 Å². The zero-order chi connectivity index (χ0) is 14.7. The average Bonchev–Trinajstić information content (AvgIpc) is 2.40. The van der Waals surface area contributed by atoms with Crippen LogP contribution in [0.1, 0.15) is 21.5 Å². The number of ether oxygens (including phenoxy) is 1. The van der Waals surface area contributed by atoms with Crippen LogP contribution in [0, 0.1) is 12.7 Å². The molecule has 0 atom stereocenters. The first-order valence-electron chi connectivity index (χ1n) is 5.83. The molecular formula is C15H11BrClFO2. The van der Waals surface area contributed by atoms with Crippen LogP contribution in [-0.4, -0.2) is 6.29 Å². The van der Waals surface area contributed by atoms with Gasteiger partial charge < -0.3 is 4.74 Å². The van der Waals surface area contributed by atoms with Crippen LogP contribution in [0.2, 0.25) is 5.02 Å². The summed E-state index contributed by atoms with van der Waals surface area (Å²) in [6.07, 6.45) is 0.741. The fourth-order valence-corrected chi connectivity index (χ4v) is 2.62. The van der Waals surface area contributed by atoms with E-state index in [4.69, 9.17) is 16.3 Å². The summed E-state index contributed by atoms with van der Waals surface area (Å²) in [6.45, 7) is 2.06. The summed E-state index contributed by atoms with van der Waals surface area (Å²) in [4.78, 5) is 11.1. The van der Waals surface area contributed by atoms with Gasteiger partial charge in [0.25, 0.3) is 0 Å². The molecule has 104 valence electrons. The summed E-state index contributed by atoms with van der Waals surface area (Å²) in [5.74, 6) is 0.0486. The lowest BCUT2D eigenvalue weighted by atomic mass is 10.1. The van der Waals surface area contributed by atoms with Crippen LogP contribution in [0.5, 0.6) is 5.75 Å². The van der Waals surface area contributed by atoms with E-state index < -0.39 is 5.82 Å². The summed E-state index contributed by atoms with van der Waals surface area (Å²) in [5.41, 5.74) is 2.04. The first-order valence-corrected chi connectivity index (χ1v) is 7.00. The Hall–Kier alpha value is -1.39. The van der Waals surface area contributed by atoms with Crippen molar-refractivity contribution in [3.8, 4) is 5.75 Å². The number of hydrogen-bond donors (Lipinski definition) is 0. The Morgan fingerprint density at radius 2 is 2.10 bits per heavy atom. The first kappa shape index (κ1) is 15.0. The number of carbonyl (C=O) groups excluding carboxylic acids is 1. The Morgan fingerprint density at radius 3 is 2.75 bits per heavy atom. The third-order valence-corrected chi connectivity index (χ3v) is 3.51. The largest absolute Gasteiger partial charge is 0.488 e. The van der Waals surface area contributed by atoms with Crippen molar-refractivity contribution in [3.63, 3.8) is 0 Å². The van der Waals surface area contributed by atoms with Gasteiger partial charge in [0.2, 0.25) is 0 Å². The molecule has 0 bridgehead atoms. The minimum Gasteiger partial charge on any atom is -0.488 e. The van der Waals surface area contributed by atoms with Gasteiger partial charge in [-0.15, -0.1) is 0 Å². The summed E-state index contributed by atoms with van der Waals surface area (Å²) in [6, 6.07) is 7.94.